The van der Waals surface area contributed by atoms with Crippen LogP contribution in [0.3, 0.4) is 0 Å². The molecule has 6 heteroatoms. The highest BCUT2D eigenvalue weighted by molar-refractivity contribution is 5.90. The van der Waals surface area contributed by atoms with E-state index in [9.17, 15) is 0 Å². The smallest absolute Gasteiger partial charge is 0.166 e. The van der Waals surface area contributed by atoms with Gasteiger partial charge in [-0.25, -0.2) is 23.7 Å². The first-order valence-electron chi connectivity index (χ1n) is 19.0. The molecule has 10 rings (SSSR count). The van der Waals surface area contributed by atoms with E-state index in [1.165, 1.54) is 23.8 Å². The van der Waals surface area contributed by atoms with Gasteiger partial charge in [0.25, 0.3) is 0 Å². The molecular formula is C51H34F2N4. The second-order valence-electron chi connectivity index (χ2n) is 14.2. The van der Waals surface area contributed by atoms with Gasteiger partial charge in [-0.2, -0.15) is 0 Å². The average Bonchev–Trinajstić information content (AvgIpc) is 3.60. The fraction of sp³-hybridized carbons (Fsp3) is 0.0392. The Balaban J connectivity index is 1.22. The first kappa shape index (κ1) is 34.2. The second kappa shape index (κ2) is 14.4. The number of hydrogen-bond acceptors (Lipinski definition) is 4. The van der Waals surface area contributed by atoms with Crippen LogP contribution in [0.1, 0.15) is 17.0 Å². The van der Waals surface area contributed by atoms with E-state index in [0.717, 1.165) is 44.8 Å². The summed E-state index contributed by atoms with van der Waals surface area (Å²) in [5, 5.41) is 0. The van der Waals surface area contributed by atoms with Crippen molar-refractivity contribution in [2.45, 2.75) is 12.0 Å². The molecule has 0 N–H and O–H groups in total. The zero-order chi connectivity index (χ0) is 38.3. The molecule has 1 aliphatic carbocycles. The van der Waals surface area contributed by atoms with Crippen molar-refractivity contribution in [2.24, 2.45) is 0 Å². The topological polar surface area (TPSA) is 41.9 Å². The van der Waals surface area contributed by atoms with Gasteiger partial charge in [-0.1, -0.05) is 158 Å². The summed E-state index contributed by atoms with van der Waals surface area (Å²) < 4.78 is 31.0. The highest BCUT2D eigenvalue weighted by Gasteiger charge is 2.40. The van der Waals surface area contributed by atoms with E-state index in [0.29, 0.717) is 28.6 Å². The van der Waals surface area contributed by atoms with Crippen molar-refractivity contribution in [3.8, 4) is 56.4 Å². The van der Waals surface area contributed by atoms with Crippen LogP contribution in [0.2, 0.25) is 0 Å². The standard InChI is InChI=1S/C51H34F2N4/c52-43-22-13-23-44(53)48(43)39-26-29-47(42(32-39)51-55-49(35-18-9-3-10-19-35)54-50(56-51)36-20-11-4-12-21-36)57-45-27-24-37(33-14-5-1-6-15-33)30-40(45)41-31-38(25-28-46(41)57)34-16-7-2-8-17-34/h1-32,40,45H. The minimum Gasteiger partial charge on any atom is -0.333 e. The van der Waals surface area contributed by atoms with E-state index in [2.05, 4.69) is 89.9 Å². The summed E-state index contributed by atoms with van der Waals surface area (Å²) >= 11 is 0. The van der Waals surface area contributed by atoms with Crippen LogP contribution in [0.15, 0.2) is 194 Å². The fourth-order valence-corrected chi connectivity index (χ4v) is 8.10. The molecule has 272 valence electrons. The third-order valence-electron chi connectivity index (χ3n) is 10.8. The average molecular weight is 741 g/mol. The molecule has 7 aromatic carbocycles. The van der Waals surface area contributed by atoms with Gasteiger partial charge in [-0.3, -0.25) is 0 Å². The normalized spacial score (nSPS) is 15.5. The van der Waals surface area contributed by atoms with Crippen LogP contribution in [0, 0.1) is 11.6 Å². The molecule has 0 saturated carbocycles. The third kappa shape index (κ3) is 6.31. The lowest BCUT2D eigenvalue weighted by Crippen LogP contribution is -2.29. The molecule has 1 aromatic heterocycles. The molecule has 0 radical (unpaired) electrons. The molecule has 0 amide bonds. The third-order valence-corrected chi connectivity index (χ3v) is 10.8. The van der Waals surface area contributed by atoms with Crippen molar-refractivity contribution >= 4 is 16.9 Å². The van der Waals surface area contributed by atoms with Crippen molar-refractivity contribution in [1.82, 2.24) is 15.0 Å². The number of anilines is 2. The summed E-state index contributed by atoms with van der Waals surface area (Å²) in [7, 11) is 0. The lowest BCUT2D eigenvalue weighted by molar-refractivity contribution is 0.589. The van der Waals surface area contributed by atoms with Crippen LogP contribution in [0.5, 0.6) is 0 Å². The first-order valence-corrected chi connectivity index (χ1v) is 19.0. The van der Waals surface area contributed by atoms with Gasteiger partial charge in [0, 0.05) is 28.3 Å². The van der Waals surface area contributed by atoms with Gasteiger partial charge in [0.15, 0.2) is 17.5 Å². The fourth-order valence-electron chi connectivity index (χ4n) is 8.10. The molecule has 8 aromatic rings. The molecule has 4 nitrogen and oxygen atoms in total. The Kier molecular flexibility index (Phi) is 8.64. The number of aromatic nitrogens is 3. The van der Waals surface area contributed by atoms with Gasteiger partial charge in [0.05, 0.1) is 17.3 Å². The van der Waals surface area contributed by atoms with Gasteiger partial charge in [-0.15, -0.1) is 0 Å². The van der Waals surface area contributed by atoms with Crippen LogP contribution in [-0.4, -0.2) is 21.0 Å². The predicted molar refractivity (Wildman–Crippen MR) is 226 cm³/mol. The Morgan fingerprint density at radius 1 is 0.439 bits per heavy atom. The minimum atomic E-state index is -0.645. The lowest BCUT2D eigenvalue weighted by Gasteiger charge is -2.31. The zero-order valence-electron chi connectivity index (χ0n) is 30.7. The molecule has 2 unspecified atom stereocenters. The summed E-state index contributed by atoms with van der Waals surface area (Å²) in [6.45, 7) is 0. The first-order chi connectivity index (χ1) is 28.1. The van der Waals surface area contributed by atoms with Crippen molar-refractivity contribution in [1.29, 1.82) is 0 Å². The Morgan fingerprint density at radius 3 is 1.58 bits per heavy atom. The Labute approximate surface area is 329 Å². The van der Waals surface area contributed by atoms with Gasteiger partial charge in [0.2, 0.25) is 0 Å². The number of nitrogens with zero attached hydrogens (tertiary/aromatic N) is 4. The lowest BCUT2D eigenvalue weighted by atomic mass is 9.85. The maximum atomic E-state index is 15.5. The van der Waals surface area contributed by atoms with E-state index in [4.69, 9.17) is 15.0 Å². The van der Waals surface area contributed by atoms with E-state index in [1.54, 1.807) is 6.07 Å². The number of halogens is 2. The minimum absolute atomic E-state index is 0.00137. The van der Waals surface area contributed by atoms with E-state index in [1.807, 2.05) is 84.9 Å². The second-order valence-corrected chi connectivity index (χ2v) is 14.2. The molecular weight excluding hydrogens is 707 g/mol. The number of allylic oxidation sites excluding steroid dienone is 2. The molecule has 2 aliphatic rings. The van der Waals surface area contributed by atoms with Gasteiger partial charge in [-0.05, 0) is 69.8 Å². The van der Waals surface area contributed by atoms with Gasteiger partial charge in [0.1, 0.15) is 11.6 Å². The molecule has 0 spiro atoms. The van der Waals surface area contributed by atoms with Crippen molar-refractivity contribution in [2.75, 3.05) is 4.90 Å². The predicted octanol–water partition coefficient (Wildman–Crippen LogP) is 12.7. The largest absolute Gasteiger partial charge is 0.333 e. The molecule has 0 bridgehead atoms. The molecule has 2 atom stereocenters. The van der Waals surface area contributed by atoms with E-state index in [-0.39, 0.29) is 17.5 Å². The summed E-state index contributed by atoms with van der Waals surface area (Å²) in [6, 6.07) is 56.5. The number of hydrogen-bond donors (Lipinski definition) is 0. The summed E-state index contributed by atoms with van der Waals surface area (Å²) in [5.74, 6) is 0.0865. The SMILES string of the molecule is Fc1cccc(F)c1-c1ccc(N2c3ccc(-c4ccccc4)cc3C3C=C(c4ccccc4)C=CC32)c(-c2nc(-c3ccccc3)nc(-c3ccccc3)n2)c1. The van der Waals surface area contributed by atoms with E-state index >= 15 is 8.78 Å². The summed E-state index contributed by atoms with van der Waals surface area (Å²) in [5.41, 5.74) is 10.1. The molecule has 0 saturated heterocycles. The van der Waals surface area contributed by atoms with Crippen LogP contribution in [0.25, 0.3) is 62.0 Å². The molecule has 0 fully saturated rings. The molecule has 57 heavy (non-hydrogen) atoms. The quantitative estimate of drug-likeness (QED) is 0.163. The van der Waals surface area contributed by atoms with Crippen LogP contribution < -0.4 is 4.90 Å². The number of benzene rings is 7. The zero-order valence-corrected chi connectivity index (χ0v) is 30.7. The number of fused-ring (bicyclic) bond motifs is 3. The van der Waals surface area contributed by atoms with Crippen molar-refractivity contribution < 1.29 is 8.78 Å². The number of rotatable bonds is 7. The Hall–Kier alpha value is -7.31. The maximum absolute atomic E-state index is 15.5. The van der Waals surface area contributed by atoms with Crippen LogP contribution >= 0.6 is 0 Å². The maximum Gasteiger partial charge on any atom is 0.166 e. The van der Waals surface area contributed by atoms with Crippen molar-refractivity contribution in [3.05, 3.63) is 217 Å². The van der Waals surface area contributed by atoms with Gasteiger partial charge >= 0.3 is 0 Å². The highest BCUT2D eigenvalue weighted by atomic mass is 19.1. The van der Waals surface area contributed by atoms with Gasteiger partial charge < -0.3 is 4.90 Å². The summed E-state index contributed by atoms with van der Waals surface area (Å²) in [6.07, 6.45) is 6.82. The van der Waals surface area contributed by atoms with Crippen molar-refractivity contribution in [3.63, 3.8) is 0 Å². The highest BCUT2D eigenvalue weighted by Crippen LogP contribution is 2.52. The monoisotopic (exact) mass is 740 g/mol. The van der Waals surface area contributed by atoms with Crippen LogP contribution in [-0.2, 0) is 0 Å². The molecule has 1 aliphatic heterocycles. The Morgan fingerprint density at radius 2 is 0.965 bits per heavy atom. The van der Waals surface area contributed by atoms with E-state index < -0.39 is 11.6 Å². The Bertz CT molecular complexity index is 2740. The molecule has 2 heterocycles. The summed E-state index contributed by atoms with van der Waals surface area (Å²) in [4.78, 5) is 17.5. The van der Waals surface area contributed by atoms with Crippen LogP contribution in [0.4, 0.5) is 20.2 Å².